The summed E-state index contributed by atoms with van der Waals surface area (Å²) in [7, 11) is -6.65. The molecule has 0 saturated carbocycles. The van der Waals surface area contributed by atoms with Crippen LogP contribution in [0.25, 0.3) is 11.1 Å². The van der Waals surface area contributed by atoms with Gasteiger partial charge in [-0.2, -0.15) is 18.3 Å². The van der Waals surface area contributed by atoms with Gasteiger partial charge in [0.15, 0.2) is 6.04 Å². The van der Waals surface area contributed by atoms with Crippen LogP contribution in [0, 0.1) is 11.3 Å². The van der Waals surface area contributed by atoms with Gasteiger partial charge in [0.05, 0.1) is 35.9 Å². The Labute approximate surface area is 289 Å². The van der Waals surface area contributed by atoms with Crippen molar-refractivity contribution in [3.05, 3.63) is 118 Å². The van der Waals surface area contributed by atoms with Crippen LogP contribution in [0.15, 0.2) is 95.9 Å². The Morgan fingerprint density at radius 2 is 1.65 bits per heavy atom. The summed E-state index contributed by atoms with van der Waals surface area (Å²) >= 11 is 6.32. The number of benzene rings is 4. The summed E-state index contributed by atoms with van der Waals surface area (Å²) in [5.74, 6) is -1.03. The summed E-state index contributed by atoms with van der Waals surface area (Å²) < 4.78 is 82.7. The van der Waals surface area contributed by atoms with Gasteiger partial charge in [0.2, 0.25) is 10.0 Å². The van der Waals surface area contributed by atoms with E-state index in [0.717, 1.165) is 34.5 Å². The normalized spacial score (nSPS) is 12.8. The van der Waals surface area contributed by atoms with E-state index in [9.17, 15) is 27.9 Å². The molecular formula is C34H32ClF2N3O7PS+. The second-order valence-corrected chi connectivity index (χ2v) is 13.9. The number of halogens is 3. The summed E-state index contributed by atoms with van der Waals surface area (Å²) in [5.41, 5.74) is 2.05. The number of carbonyl (C=O) groups is 1. The third-order valence-electron chi connectivity index (χ3n) is 7.51. The summed E-state index contributed by atoms with van der Waals surface area (Å²) in [6, 6.07) is 19.5. The lowest BCUT2D eigenvalue weighted by molar-refractivity contribution is -0.165. The molecule has 4 aromatic rings. The van der Waals surface area contributed by atoms with Crippen LogP contribution in [0.2, 0.25) is 5.02 Å². The fourth-order valence-electron chi connectivity index (χ4n) is 5.06. The highest BCUT2D eigenvalue weighted by atomic mass is 35.5. The molecule has 0 aliphatic rings. The minimum Gasteiger partial charge on any atom is -0.495 e. The van der Waals surface area contributed by atoms with Crippen molar-refractivity contribution in [2.24, 2.45) is 0 Å². The van der Waals surface area contributed by atoms with Gasteiger partial charge in [0, 0.05) is 17.8 Å². The van der Waals surface area contributed by atoms with Crippen LogP contribution in [-0.2, 0) is 43.3 Å². The van der Waals surface area contributed by atoms with Gasteiger partial charge >= 0.3 is 20.2 Å². The van der Waals surface area contributed by atoms with Crippen LogP contribution in [0.4, 0.5) is 8.78 Å². The highest BCUT2D eigenvalue weighted by molar-refractivity contribution is 7.89. The highest BCUT2D eigenvalue weighted by Gasteiger charge is 2.57. The molecule has 0 spiro atoms. The third kappa shape index (κ3) is 8.48. The molecule has 256 valence electrons. The van der Waals surface area contributed by atoms with Crippen molar-refractivity contribution in [2.45, 2.75) is 43.9 Å². The Kier molecular flexibility index (Phi) is 12.2. The van der Waals surface area contributed by atoms with Crippen LogP contribution < -0.4 is 4.74 Å². The number of nitriles is 1. The molecule has 0 aliphatic carbocycles. The van der Waals surface area contributed by atoms with E-state index >= 15 is 8.78 Å². The smallest absolute Gasteiger partial charge is 0.495 e. The van der Waals surface area contributed by atoms with Crippen LogP contribution in [0.1, 0.15) is 36.1 Å². The first kappa shape index (κ1) is 37.5. The van der Waals surface area contributed by atoms with Gasteiger partial charge in [-0.3, -0.25) is 4.79 Å². The average Bonchev–Trinajstić information content (AvgIpc) is 3.08. The van der Waals surface area contributed by atoms with Crippen molar-refractivity contribution in [1.29, 1.82) is 5.26 Å². The molecule has 0 saturated heterocycles. The van der Waals surface area contributed by atoms with E-state index in [1.165, 1.54) is 32.2 Å². The molecule has 0 aliphatic heterocycles. The van der Waals surface area contributed by atoms with Crippen molar-refractivity contribution >= 4 is 35.8 Å². The minimum atomic E-state index is -4.26. The van der Waals surface area contributed by atoms with E-state index in [1.54, 1.807) is 54.6 Å². The second kappa shape index (κ2) is 16.0. The van der Waals surface area contributed by atoms with Gasteiger partial charge in [-0.15, -0.1) is 4.89 Å². The zero-order valence-corrected chi connectivity index (χ0v) is 29.1. The number of nitrogens with zero attached hydrogens (tertiary/aromatic N) is 3. The number of hydrogen-bond acceptors (Lipinski definition) is 7. The zero-order valence-electron chi connectivity index (χ0n) is 26.6. The van der Waals surface area contributed by atoms with Crippen LogP contribution in [-0.4, -0.2) is 48.0 Å². The minimum absolute atomic E-state index is 0.0992. The first-order valence-electron chi connectivity index (χ1n) is 14.8. The lowest BCUT2D eigenvalue weighted by Crippen LogP contribution is -2.45. The molecule has 1 N–H and O–H groups in total. The Hall–Kier alpha value is -4.28. The summed E-state index contributed by atoms with van der Waals surface area (Å²) in [6.45, 7) is 1.90. The molecule has 0 amide bonds. The van der Waals surface area contributed by atoms with Crippen molar-refractivity contribution < 1.29 is 40.9 Å². The number of carbonyl (C=O) groups excluding carboxylic acids is 1. The van der Waals surface area contributed by atoms with E-state index in [4.69, 9.17) is 21.1 Å². The Bertz CT molecular complexity index is 1990. The van der Waals surface area contributed by atoms with E-state index in [2.05, 4.69) is 6.07 Å². The van der Waals surface area contributed by atoms with Crippen molar-refractivity contribution in [1.82, 2.24) is 8.98 Å². The van der Waals surface area contributed by atoms with Crippen molar-refractivity contribution in [2.75, 3.05) is 13.7 Å². The molecule has 0 fully saturated rings. The number of alkyl halides is 2. The summed E-state index contributed by atoms with van der Waals surface area (Å²) in [4.78, 5) is 21.8. The molecule has 4 aromatic carbocycles. The molecule has 10 nitrogen and oxygen atoms in total. The number of hydrogen-bond donors (Lipinski definition) is 1. The zero-order chi connectivity index (χ0) is 35.9. The Morgan fingerprint density at radius 1 is 1.00 bits per heavy atom. The number of para-hydroxylation sites is 1. The van der Waals surface area contributed by atoms with E-state index < -0.39 is 46.8 Å². The van der Waals surface area contributed by atoms with Crippen LogP contribution >= 0.6 is 19.8 Å². The SMILES string of the molecule is CCOC(=O)C(C)N([P+](=O)O)C(F)(F)c1ccc(CN(Cc2ccc(-c3cccc(C#N)c3)cc2)S(=O)(=O)c2ccccc2OC)cc1Cl. The Morgan fingerprint density at radius 3 is 2.27 bits per heavy atom. The fraction of sp³-hybridized carbons (Fsp3) is 0.235. The fourth-order valence-corrected chi connectivity index (χ4v) is 7.66. The van der Waals surface area contributed by atoms with E-state index in [0.29, 0.717) is 11.1 Å². The molecule has 2 unspecified atom stereocenters. The molecule has 0 radical (unpaired) electrons. The van der Waals surface area contributed by atoms with E-state index in [-0.39, 0.29) is 40.6 Å². The number of methoxy groups -OCH3 is 1. The molecule has 2 atom stereocenters. The first-order valence-corrected chi connectivity index (χ1v) is 17.7. The molecule has 0 heterocycles. The maximum Gasteiger partial charge on any atom is 0.620 e. The number of ether oxygens (including phenoxy) is 2. The quantitative estimate of drug-likeness (QED) is 0.0809. The number of rotatable bonds is 14. The molecule has 0 bridgehead atoms. The van der Waals surface area contributed by atoms with Gasteiger partial charge in [-0.05, 0) is 77.1 Å². The molecule has 0 aromatic heterocycles. The maximum atomic E-state index is 15.7. The second-order valence-electron chi connectivity index (χ2n) is 10.7. The van der Waals surface area contributed by atoms with Gasteiger partial charge < -0.3 is 9.47 Å². The van der Waals surface area contributed by atoms with Gasteiger partial charge in [0.1, 0.15) is 10.6 Å². The van der Waals surface area contributed by atoms with Crippen LogP contribution in [0.3, 0.4) is 0 Å². The van der Waals surface area contributed by atoms with Crippen LogP contribution in [0.5, 0.6) is 5.75 Å². The largest absolute Gasteiger partial charge is 0.620 e. The van der Waals surface area contributed by atoms with Crippen molar-refractivity contribution in [3.63, 3.8) is 0 Å². The standard InChI is InChI=1S/C34H31ClF2N3O7PS/c1-4-47-33(41)23(2)40(48(42)43)34(36,37)29-17-14-26(19-30(29)35)22-39(49(44,45)32-11-6-5-10-31(32)46-3)21-24-12-15-27(16-13-24)28-9-7-8-25(18-28)20-38/h5-19,23H,4,21-22H2,1-3H3/p+1. The summed E-state index contributed by atoms with van der Waals surface area (Å²) in [5, 5.41) is 8.72. The summed E-state index contributed by atoms with van der Waals surface area (Å²) in [6.07, 6.45) is 0. The van der Waals surface area contributed by atoms with E-state index in [1.807, 2.05) is 6.07 Å². The molecule has 15 heteroatoms. The number of sulfonamides is 1. The topological polar surface area (TPSA) is 137 Å². The average molecular weight is 731 g/mol. The first-order chi connectivity index (χ1) is 23.2. The van der Waals surface area contributed by atoms with Gasteiger partial charge in [-0.1, -0.05) is 66.2 Å². The monoisotopic (exact) mass is 730 g/mol. The molecular weight excluding hydrogens is 699 g/mol. The van der Waals surface area contributed by atoms with Gasteiger partial charge in [-0.25, -0.2) is 8.42 Å². The lowest BCUT2D eigenvalue weighted by Gasteiger charge is -2.26. The Balaban J connectivity index is 1.71. The predicted molar refractivity (Wildman–Crippen MR) is 179 cm³/mol. The maximum absolute atomic E-state index is 15.7. The number of esters is 1. The lowest BCUT2D eigenvalue weighted by atomic mass is 10.0. The molecule has 4 rings (SSSR count). The highest BCUT2D eigenvalue weighted by Crippen LogP contribution is 2.46. The van der Waals surface area contributed by atoms with Crippen molar-refractivity contribution in [3.8, 4) is 22.9 Å². The third-order valence-corrected chi connectivity index (χ3v) is 10.6. The predicted octanol–water partition coefficient (Wildman–Crippen LogP) is 7.23. The molecule has 49 heavy (non-hydrogen) atoms. The van der Waals surface area contributed by atoms with Gasteiger partial charge in [0.25, 0.3) is 0 Å².